The molecule has 0 saturated carbocycles. The zero-order chi connectivity index (χ0) is 23.4. The Kier molecular flexibility index (Phi) is 7.54. The van der Waals surface area contributed by atoms with E-state index in [1.165, 1.54) is 5.56 Å². The molecule has 1 amide bonds. The Balaban J connectivity index is 1.39. The number of amides is 1. The van der Waals surface area contributed by atoms with Crippen molar-refractivity contribution in [3.05, 3.63) is 63.4 Å². The molecule has 174 valence electrons. The summed E-state index contributed by atoms with van der Waals surface area (Å²) in [6.07, 6.45) is 4.18. The molecule has 33 heavy (non-hydrogen) atoms. The minimum atomic E-state index is -0.187. The van der Waals surface area contributed by atoms with Crippen LogP contribution in [0.1, 0.15) is 35.4 Å². The summed E-state index contributed by atoms with van der Waals surface area (Å²) in [6.45, 7) is 9.37. The largest absolute Gasteiger partial charge is 0.376 e. The Morgan fingerprint density at radius 2 is 1.94 bits per heavy atom. The number of aromatic nitrogens is 1. The number of piperazine rings is 1. The molecule has 3 heterocycles. The molecule has 0 N–H and O–H groups in total. The van der Waals surface area contributed by atoms with Gasteiger partial charge in [-0.3, -0.25) is 9.69 Å². The van der Waals surface area contributed by atoms with Crippen molar-refractivity contribution in [1.82, 2.24) is 14.4 Å². The Morgan fingerprint density at radius 1 is 1.21 bits per heavy atom. The number of carbonyl (C=O) groups excluding carboxylic acids is 1. The summed E-state index contributed by atoms with van der Waals surface area (Å²) < 4.78 is 8.02. The second-order valence-electron chi connectivity index (χ2n) is 8.94. The van der Waals surface area contributed by atoms with E-state index in [1.807, 2.05) is 31.2 Å². The fourth-order valence-corrected chi connectivity index (χ4v) is 4.80. The molecular formula is C26H31ClN4O2. The topological polar surface area (TPSA) is 61.5 Å². The normalized spacial score (nSPS) is 19.6. The molecule has 7 heteroatoms. The van der Waals surface area contributed by atoms with Gasteiger partial charge in [-0.1, -0.05) is 23.7 Å². The molecule has 0 spiro atoms. The van der Waals surface area contributed by atoms with E-state index in [2.05, 4.69) is 28.5 Å². The lowest BCUT2D eigenvalue weighted by Crippen LogP contribution is -2.48. The Labute approximate surface area is 201 Å². The number of halogens is 1. The minimum absolute atomic E-state index is 0.187. The van der Waals surface area contributed by atoms with Gasteiger partial charge in [-0.15, -0.1) is 0 Å². The monoisotopic (exact) mass is 466 g/mol. The molecular weight excluding hydrogens is 436 g/mol. The van der Waals surface area contributed by atoms with Gasteiger partial charge in [-0.25, -0.2) is 0 Å². The van der Waals surface area contributed by atoms with E-state index in [4.69, 9.17) is 16.3 Å². The van der Waals surface area contributed by atoms with Gasteiger partial charge in [-0.2, -0.15) is 5.26 Å². The van der Waals surface area contributed by atoms with Crippen LogP contribution in [0.4, 0.5) is 0 Å². The second kappa shape index (κ2) is 10.6. The van der Waals surface area contributed by atoms with Crippen molar-refractivity contribution < 1.29 is 9.53 Å². The summed E-state index contributed by atoms with van der Waals surface area (Å²) in [7, 11) is 0. The number of hydrogen-bond donors (Lipinski definition) is 0. The molecule has 0 aliphatic carbocycles. The van der Waals surface area contributed by atoms with Crippen LogP contribution in [0.5, 0.6) is 0 Å². The Bertz CT molecular complexity index is 1050. The number of carbonyl (C=O) groups is 1. The van der Waals surface area contributed by atoms with Crippen molar-refractivity contribution in [3.63, 3.8) is 0 Å². The van der Waals surface area contributed by atoms with E-state index >= 15 is 0 Å². The molecule has 2 aliphatic heterocycles. The summed E-state index contributed by atoms with van der Waals surface area (Å²) in [4.78, 5) is 17.2. The smallest absolute Gasteiger partial charge is 0.264 e. The SMILES string of the molecule is Cc1cc(/C=C(\C#N)C(=O)N2CCN(Cc3ccc(Cl)cc3)CC2)c(C)n1CC1CCCO1. The molecule has 0 radical (unpaired) electrons. The third-order valence-electron chi connectivity index (χ3n) is 6.65. The van der Waals surface area contributed by atoms with E-state index in [1.54, 1.807) is 11.0 Å². The summed E-state index contributed by atoms with van der Waals surface area (Å²) in [5.41, 5.74) is 4.51. The number of aryl methyl sites for hydroxylation is 1. The van der Waals surface area contributed by atoms with Gasteiger partial charge in [0.05, 0.1) is 6.10 Å². The summed E-state index contributed by atoms with van der Waals surface area (Å²) in [6, 6.07) is 12.1. The van der Waals surface area contributed by atoms with Crippen molar-refractivity contribution in [2.45, 2.75) is 45.9 Å². The van der Waals surface area contributed by atoms with Crippen molar-refractivity contribution in [2.75, 3.05) is 32.8 Å². The summed E-state index contributed by atoms with van der Waals surface area (Å²) in [5.74, 6) is -0.187. The lowest BCUT2D eigenvalue weighted by atomic mass is 10.1. The fraction of sp³-hybridized carbons (Fsp3) is 0.462. The highest BCUT2D eigenvalue weighted by Gasteiger charge is 2.24. The van der Waals surface area contributed by atoms with Gasteiger partial charge < -0.3 is 14.2 Å². The van der Waals surface area contributed by atoms with Crippen LogP contribution >= 0.6 is 11.6 Å². The van der Waals surface area contributed by atoms with Gasteiger partial charge in [0.1, 0.15) is 11.6 Å². The van der Waals surface area contributed by atoms with Gasteiger partial charge in [0.15, 0.2) is 0 Å². The molecule has 1 unspecified atom stereocenters. The van der Waals surface area contributed by atoms with Gasteiger partial charge in [0.25, 0.3) is 5.91 Å². The van der Waals surface area contributed by atoms with Crippen LogP contribution in [-0.2, 0) is 22.6 Å². The van der Waals surface area contributed by atoms with Gasteiger partial charge in [-0.05, 0) is 62.1 Å². The highest BCUT2D eigenvalue weighted by atomic mass is 35.5. The zero-order valence-corrected chi connectivity index (χ0v) is 20.1. The van der Waals surface area contributed by atoms with E-state index in [0.717, 1.165) is 67.6 Å². The maximum absolute atomic E-state index is 13.1. The predicted molar refractivity (Wildman–Crippen MR) is 130 cm³/mol. The molecule has 6 nitrogen and oxygen atoms in total. The molecule has 2 saturated heterocycles. The molecule has 1 aromatic carbocycles. The van der Waals surface area contributed by atoms with Crippen molar-refractivity contribution in [3.8, 4) is 6.07 Å². The van der Waals surface area contributed by atoms with Crippen LogP contribution in [0.15, 0.2) is 35.9 Å². The van der Waals surface area contributed by atoms with Gasteiger partial charge in [0.2, 0.25) is 0 Å². The number of benzene rings is 1. The quantitative estimate of drug-likeness (QED) is 0.473. The van der Waals surface area contributed by atoms with E-state index in [9.17, 15) is 10.1 Å². The predicted octanol–water partition coefficient (Wildman–Crippen LogP) is 4.19. The summed E-state index contributed by atoms with van der Waals surface area (Å²) in [5, 5.41) is 10.5. The second-order valence-corrected chi connectivity index (χ2v) is 9.37. The lowest BCUT2D eigenvalue weighted by Gasteiger charge is -2.34. The number of hydrogen-bond acceptors (Lipinski definition) is 4. The van der Waals surface area contributed by atoms with Crippen LogP contribution in [0.25, 0.3) is 6.08 Å². The number of nitrogens with zero attached hydrogens (tertiary/aromatic N) is 4. The Hall–Kier alpha value is -2.59. The average molecular weight is 467 g/mol. The van der Waals surface area contributed by atoms with E-state index < -0.39 is 0 Å². The third kappa shape index (κ3) is 5.67. The highest BCUT2D eigenvalue weighted by Crippen LogP contribution is 2.23. The first kappa shape index (κ1) is 23.6. The number of nitriles is 1. The minimum Gasteiger partial charge on any atom is -0.376 e. The van der Waals surface area contributed by atoms with Gasteiger partial charge >= 0.3 is 0 Å². The number of rotatable bonds is 6. The maximum atomic E-state index is 13.1. The van der Waals surface area contributed by atoms with Crippen molar-refractivity contribution in [2.24, 2.45) is 0 Å². The first-order valence-electron chi connectivity index (χ1n) is 11.6. The van der Waals surface area contributed by atoms with Crippen LogP contribution in [-0.4, -0.2) is 59.2 Å². The van der Waals surface area contributed by atoms with E-state index in [0.29, 0.717) is 13.1 Å². The molecule has 0 bridgehead atoms. The maximum Gasteiger partial charge on any atom is 0.264 e. The van der Waals surface area contributed by atoms with Crippen LogP contribution in [0.3, 0.4) is 0 Å². The molecule has 1 atom stereocenters. The highest BCUT2D eigenvalue weighted by molar-refractivity contribution is 6.30. The summed E-state index contributed by atoms with van der Waals surface area (Å²) >= 11 is 5.97. The fourth-order valence-electron chi connectivity index (χ4n) is 4.67. The van der Waals surface area contributed by atoms with E-state index in [-0.39, 0.29) is 17.6 Å². The Morgan fingerprint density at radius 3 is 2.58 bits per heavy atom. The molecule has 2 aliphatic rings. The lowest BCUT2D eigenvalue weighted by molar-refractivity contribution is -0.128. The molecule has 2 aromatic rings. The van der Waals surface area contributed by atoms with Crippen LogP contribution in [0.2, 0.25) is 5.02 Å². The average Bonchev–Trinajstić information content (AvgIpc) is 3.43. The van der Waals surface area contributed by atoms with Crippen molar-refractivity contribution >= 4 is 23.6 Å². The van der Waals surface area contributed by atoms with Crippen LogP contribution in [0, 0.1) is 25.2 Å². The standard InChI is InChI=1S/C26H31ClN4O2/c1-19-14-22(20(2)31(19)18-25-4-3-13-33-25)15-23(16-28)26(32)30-11-9-29(10-12-30)17-21-5-7-24(27)8-6-21/h5-8,14-15,25H,3-4,9-13,17-18H2,1-2H3/b23-15+. The zero-order valence-electron chi connectivity index (χ0n) is 19.4. The van der Waals surface area contributed by atoms with Crippen molar-refractivity contribution in [1.29, 1.82) is 5.26 Å². The third-order valence-corrected chi connectivity index (χ3v) is 6.90. The first-order valence-corrected chi connectivity index (χ1v) is 12.0. The number of ether oxygens (including phenoxy) is 1. The molecule has 4 rings (SSSR count). The van der Waals surface area contributed by atoms with Crippen LogP contribution < -0.4 is 0 Å². The van der Waals surface area contributed by atoms with Gasteiger partial charge in [0, 0.05) is 62.3 Å². The molecule has 2 fully saturated rings. The molecule has 1 aromatic heterocycles. The first-order chi connectivity index (χ1) is 15.9.